The molecule has 0 radical (unpaired) electrons. The minimum Gasteiger partial charge on any atom is -0.480 e. The molecule has 0 heterocycles. The van der Waals surface area contributed by atoms with Gasteiger partial charge in [0.1, 0.15) is 11.8 Å². The van der Waals surface area contributed by atoms with E-state index in [0.717, 1.165) is 29.6 Å². The van der Waals surface area contributed by atoms with Crippen molar-refractivity contribution in [2.45, 2.75) is 52.0 Å². The van der Waals surface area contributed by atoms with Crippen LogP contribution in [0.15, 0.2) is 34.8 Å². The number of hydrogen-bond donors (Lipinski definition) is 2. The number of aliphatic carboxylic acids is 1. The Morgan fingerprint density at radius 2 is 1.89 bits per heavy atom. The van der Waals surface area contributed by atoms with Crippen LogP contribution in [0.25, 0.3) is 5.57 Å². The molecule has 1 amide bonds. The molecule has 0 saturated heterocycles. The van der Waals surface area contributed by atoms with Crippen molar-refractivity contribution < 1.29 is 19.5 Å². The van der Waals surface area contributed by atoms with Gasteiger partial charge < -0.3 is 10.8 Å². The monoisotopic (exact) mass is 368 g/mol. The van der Waals surface area contributed by atoms with Crippen molar-refractivity contribution in [2.24, 2.45) is 16.1 Å². The van der Waals surface area contributed by atoms with E-state index in [4.69, 9.17) is 5.73 Å². The van der Waals surface area contributed by atoms with Crippen molar-refractivity contribution in [1.82, 2.24) is 0 Å². The zero-order valence-electron chi connectivity index (χ0n) is 15.6. The summed E-state index contributed by atoms with van der Waals surface area (Å²) >= 11 is 0. The van der Waals surface area contributed by atoms with Crippen molar-refractivity contribution in [3.05, 3.63) is 41.0 Å². The van der Waals surface area contributed by atoms with Gasteiger partial charge >= 0.3 is 5.97 Å². The van der Waals surface area contributed by atoms with Crippen molar-refractivity contribution in [1.29, 1.82) is 0 Å². The van der Waals surface area contributed by atoms with E-state index in [1.54, 1.807) is 0 Å². The third kappa shape index (κ3) is 3.84. The van der Waals surface area contributed by atoms with Crippen LogP contribution in [-0.2, 0) is 14.4 Å². The Morgan fingerprint density at radius 1 is 1.22 bits per heavy atom. The van der Waals surface area contributed by atoms with Crippen LogP contribution >= 0.6 is 0 Å². The number of primary amides is 1. The van der Waals surface area contributed by atoms with Gasteiger partial charge in [0.25, 0.3) is 0 Å². The number of nitrogens with zero attached hydrogens (tertiary/aromatic N) is 1. The SMILES string of the molecule is CC1(C)CCC2=C(C1)c1ccccc1C(=NC(CCC(N)=O)C(=O)O)C2=O. The molecule has 1 atom stereocenters. The average molecular weight is 368 g/mol. The van der Waals surface area contributed by atoms with Gasteiger partial charge in [0.2, 0.25) is 11.7 Å². The molecule has 3 rings (SSSR count). The second kappa shape index (κ2) is 7.10. The molecular weight excluding hydrogens is 344 g/mol. The predicted molar refractivity (Wildman–Crippen MR) is 102 cm³/mol. The van der Waals surface area contributed by atoms with Crippen LogP contribution in [0.4, 0.5) is 0 Å². The number of Topliss-reactive ketones (excluding diaryl/α,β-unsaturated/α-hetero) is 1. The topological polar surface area (TPSA) is 110 Å². The van der Waals surface area contributed by atoms with Gasteiger partial charge in [0.15, 0.2) is 0 Å². The summed E-state index contributed by atoms with van der Waals surface area (Å²) in [5.41, 5.74) is 8.85. The van der Waals surface area contributed by atoms with Crippen LogP contribution in [0.1, 0.15) is 57.1 Å². The lowest BCUT2D eigenvalue weighted by molar-refractivity contribution is -0.138. The van der Waals surface area contributed by atoms with E-state index in [2.05, 4.69) is 18.8 Å². The molecule has 2 aliphatic rings. The van der Waals surface area contributed by atoms with Crippen LogP contribution in [0.2, 0.25) is 0 Å². The smallest absolute Gasteiger partial charge is 0.328 e. The molecule has 0 aliphatic heterocycles. The minimum atomic E-state index is -1.17. The van der Waals surface area contributed by atoms with Gasteiger partial charge in [-0.25, -0.2) is 4.79 Å². The number of nitrogens with two attached hydrogens (primary N) is 1. The number of allylic oxidation sites excluding steroid dienone is 2. The zero-order chi connectivity index (χ0) is 19.8. The normalized spacial score (nSPS) is 20.8. The predicted octanol–water partition coefficient (Wildman–Crippen LogP) is 2.74. The van der Waals surface area contributed by atoms with Crippen LogP contribution < -0.4 is 5.73 Å². The van der Waals surface area contributed by atoms with Crippen molar-refractivity contribution in [2.75, 3.05) is 0 Å². The molecule has 0 fully saturated rings. The fourth-order valence-electron chi connectivity index (χ4n) is 3.82. The molecule has 6 heteroatoms. The van der Waals surface area contributed by atoms with E-state index in [1.165, 1.54) is 0 Å². The number of ketones is 1. The highest BCUT2D eigenvalue weighted by Crippen LogP contribution is 2.46. The molecule has 3 N–H and O–H groups in total. The number of fused-ring (bicyclic) bond motifs is 2. The number of carboxylic acids is 1. The fraction of sp³-hybridized carbons (Fsp3) is 0.429. The number of carboxylic acid groups (broad SMARTS) is 1. The Labute approximate surface area is 158 Å². The van der Waals surface area contributed by atoms with E-state index in [-0.39, 0.29) is 29.8 Å². The molecule has 1 unspecified atom stereocenters. The summed E-state index contributed by atoms with van der Waals surface area (Å²) in [4.78, 5) is 40.1. The molecular formula is C21H24N2O4. The number of hydrogen-bond acceptors (Lipinski definition) is 4. The highest BCUT2D eigenvalue weighted by atomic mass is 16.4. The summed E-state index contributed by atoms with van der Waals surface area (Å²) < 4.78 is 0. The number of rotatable bonds is 5. The molecule has 142 valence electrons. The van der Waals surface area contributed by atoms with Crippen LogP contribution in [-0.4, -0.2) is 34.5 Å². The van der Waals surface area contributed by atoms with E-state index in [9.17, 15) is 19.5 Å². The number of amides is 1. The third-order valence-corrected chi connectivity index (χ3v) is 5.30. The van der Waals surface area contributed by atoms with Gasteiger partial charge in [0.05, 0.1) is 0 Å². The van der Waals surface area contributed by atoms with Crippen LogP contribution in [0.5, 0.6) is 0 Å². The van der Waals surface area contributed by atoms with E-state index in [1.807, 2.05) is 24.3 Å². The fourth-order valence-corrected chi connectivity index (χ4v) is 3.82. The Morgan fingerprint density at radius 3 is 2.52 bits per heavy atom. The maximum absolute atomic E-state index is 13.2. The summed E-state index contributed by atoms with van der Waals surface area (Å²) in [6.07, 6.45) is 2.25. The van der Waals surface area contributed by atoms with Crippen LogP contribution in [0, 0.1) is 5.41 Å². The van der Waals surface area contributed by atoms with Crippen molar-refractivity contribution >= 4 is 28.9 Å². The van der Waals surface area contributed by atoms with Crippen molar-refractivity contribution in [3.63, 3.8) is 0 Å². The Bertz CT molecular complexity index is 880. The lowest BCUT2D eigenvalue weighted by Gasteiger charge is -2.36. The van der Waals surface area contributed by atoms with E-state index in [0.29, 0.717) is 12.0 Å². The lowest BCUT2D eigenvalue weighted by atomic mass is 9.68. The molecule has 1 aromatic carbocycles. The second-order valence-corrected chi connectivity index (χ2v) is 8.01. The summed E-state index contributed by atoms with van der Waals surface area (Å²) in [5, 5.41) is 9.47. The van der Waals surface area contributed by atoms with E-state index >= 15 is 0 Å². The highest BCUT2D eigenvalue weighted by molar-refractivity contribution is 6.54. The molecule has 0 spiro atoms. The summed E-state index contributed by atoms with van der Waals surface area (Å²) in [6.45, 7) is 4.38. The first-order chi connectivity index (χ1) is 12.7. The maximum Gasteiger partial charge on any atom is 0.328 e. The largest absolute Gasteiger partial charge is 0.480 e. The van der Waals surface area contributed by atoms with E-state index < -0.39 is 17.9 Å². The number of benzene rings is 1. The molecule has 0 aromatic heterocycles. The molecule has 27 heavy (non-hydrogen) atoms. The summed E-state index contributed by atoms with van der Waals surface area (Å²) in [5.74, 6) is -1.94. The highest BCUT2D eigenvalue weighted by Gasteiger charge is 2.37. The Hall–Kier alpha value is -2.76. The van der Waals surface area contributed by atoms with Gasteiger partial charge in [0, 0.05) is 17.6 Å². The van der Waals surface area contributed by atoms with Gasteiger partial charge in [-0.05, 0) is 42.2 Å². The molecule has 0 bridgehead atoms. The molecule has 1 aromatic rings. The quantitative estimate of drug-likeness (QED) is 0.832. The third-order valence-electron chi connectivity index (χ3n) is 5.30. The first-order valence-electron chi connectivity index (χ1n) is 9.15. The van der Waals surface area contributed by atoms with Gasteiger partial charge in [-0.2, -0.15) is 0 Å². The average Bonchev–Trinajstić information content (AvgIpc) is 2.59. The molecule has 0 saturated carbocycles. The zero-order valence-corrected chi connectivity index (χ0v) is 15.6. The number of carbonyl (C=O) groups is 3. The van der Waals surface area contributed by atoms with Gasteiger partial charge in [-0.1, -0.05) is 38.1 Å². The minimum absolute atomic E-state index is 0.0252. The van der Waals surface area contributed by atoms with Gasteiger partial charge in [-0.15, -0.1) is 0 Å². The maximum atomic E-state index is 13.2. The second-order valence-electron chi connectivity index (χ2n) is 8.01. The van der Waals surface area contributed by atoms with Gasteiger partial charge in [-0.3, -0.25) is 14.6 Å². The van der Waals surface area contributed by atoms with Crippen molar-refractivity contribution in [3.8, 4) is 0 Å². The first kappa shape index (κ1) is 19.0. The van der Waals surface area contributed by atoms with Crippen LogP contribution in [0.3, 0.4) is 0 Å². The number of aliphatic imine (C=N–C) groups is 1. The summed E-state index contributed by atoms with van der Waals surface area (Å²) in [6, 6.07) is 6.34. The first-order valence-corrected chi connectivity index (χ1v) is 9.15. The number of carbonyl (C=O) groups excluding carboxylic acids is 2. The molecule has 6 nitrogen and oxygen atoms in total. The Balaban J connectivity index is 2.08. The molecule has 2 aliphatic carbocycles. The Kier molecular flexibility index (Phi) is 5.00. The standard InChI is InChI=1S/C21H24N2O4/c1-21(2)10-9-14-15(11-21)12-5-3-4-6-13(12)18(19(14)25)23-16(20(26)27)7-8-17(22)24/h3-6,16H,7-11H2,1-2H3,(H2,22,24)(H,26,27). The lowest BCUT2D eigenvalue weighted by Crippen LogP contribution is -2.32. The summed E-state index contributed by atoms with van der Waals surface area (Å²) in [7, 11) is 0.